The minimum Gasteiger partial charge on any atom is -0.375 e. The van der Waals surface area contributed by atoms with Gasteiger partial charge < -0.3 is 10.1 Å². The third-order valence-electron chi connectivity index (χ3n) is 2.52. The van der Waals surface area contributed by atoms with Gasteiger partial charge in [0.15, 0.2) is 0 Å². The lowest BCUT2D eigenvalue weighted by atomic mass is 10.1. The Morgan fingerprint density at radius 3 is 2.69 bits per heavy atom. The van der Waals surface area contributed by atoms with Crippen molar-refractivity contribution < 1.29 is 4.74 Å². The van der Waals surface area contributed by atoms with Crippen molar-refractivity contribution in [3.05, 3.63) is 0 Å². The Morgan fingerprint density at radius 2 is 2.15 bits per heavy atom. The van der Waals surface area contributed by atoms with Crippen LogP contribution in [0.5, 0.6) is 0 Å². The monoisotopic (exact) mass is 185 g/mol. The topological polar surface area (TPSA) is 21.3 Å². The van der Waals surface area contributed by atoms with E-state index in [-0.39, 0.29) is 0 Å². The van der Waals surface area contributed by atoms with Gasteiger partial charge in [-0.15, -0.1) is 0 Å². The molecule has 1 heterocycles. The van der Waals surface area contributed by atoms with Crippen molar-refractivity contribution in [2.75, 3.05) is 13.1 Å². The molecule has 1 rings (SSSR count). The number of rotatable bonds is 5. The predicted molar refractivity (Wildman–Crippen MR) is 55.9 cm³/mol. The first kappa shape index (κ1) is 11.0. The lowest BCUT2D eigenvalue weighted by Gasteiger charge is -2.12. The Labute approximate surface area is 82.0 Å². The van der Waals surface area contributed by atoms with Crippen molar-refractivity contribution in [2.24, 2.45) is 5.92 Å². The molecule has 0 aromatic carbocycles. The summed E-state index contributed by atoms with van der Waals surface area (Å²) in [5, 5.41) is 3.45. The molecule has 0 aliphatic carbocycles. The van der Waals surface area contributed by atoms with Crippen LogP contribution < -0.4 is 5.32 Å². The molecule has 1 fully saturated rings. The molecule has 1 N–H and O–H groups in total. The van der Waals surface area contributed by atoms with Gasteiger partial charge in [-0.2, -0.15) is 0 Å². The number of nitrogens with one attached hydrogen (secondary N) is 1. The highest BCUT2D eigenvalue weighted by atomic mass is 16.5. The van der Waals surface area contributed by atoms with Crippen LogP contribution in [0.3, 0.4) is 0 Å². The van der Waals surface area contributed by atoms with Gasteiger partial charge in [0.1, 0.15) is 0 Å². The second kappa shape index (κ2) is 5.61. The molecule has 2 unspecified atom stereocenters. The molecule has 0 bridgehead atoms. The van der Waals surface area contributed by atoms with Crippen LogP contribution in [0.15, 0.2) is 0 Å². The Hall–Kier alpha value is -0.0800. The summed E-state index contributed by atoms with van der Waals surface area (Å²) < 4.78 is 5.73. The average molecular weight is 185 g/mol. The van der Waals surface area contributed by atoms with E-state index < -0.39 is 0 Å². The number of hydrogen-bond donors (Lipinski definition) is 1. The summed E-state index contributed by atoms with van der Waals surface area (Å²) >= 11 is 0. The van der Waals surface area contributed by atoms with Gasteiger partial charge in [0.25, 0.3) is 0 Å². The van der Waals surface area contributed by atoms with E-state index in [1.807, 2.05) is 0 Å². The molecule has 2 heteroatoms. The second-order valence-electron chi connectivity index (χ2n) is 4.53. The molecule has 0 saturated carbocycles. The smallest absolute Gasteiger partial charge is 0.0591 e. The Kier molecular flexibility index (Phi) is 4.74. The summed E-state index contributed by atoms with van der Waals surface area (Å²) in [6.07, 6.45) is 4.70. The maximum atomic E-state index is 5.73. The molecule has 0 aromatic rings. The molecule has 1 aliphatic rings. The number of ether oxygens (including phenoxy) is 1. The fourth-order valence-electron chi connectivity index (χ4n) is 1.75. The molecule has 0 aromatic heterocycles. The van der Waals surface area contributed by atoms with Crippen molar-refractivity contribution in [3.8, 4) is 0 Å². The van der Waals surface area contributed by atoms with Crippen LogP contribution in [0.25, 0.3) is 0 Å². The fourth-order valence-corrected chi connectivity index (χ4v) is 1.75. The normalized spacial score (nSPS) is 28.6. The zero-order chi connectivity index (χ0) is 9.68. The maximum Gasteiger partial charge on any atom is 0.0591 e. The third kappa shape index (κ3) is 4.63. The highest BCUT2D eigenvalue weighted by Gasteiger charge is 2.20. The van der Waals surface area contributed by atoms with Gasteiger partial charge in [-0.05, 0) is 45.2 Å². The molecule has 2 atom stereocenters. The van der Waals surface area contributed by atoms with Gasteiger partial charge in [0.05, 0.1) is 12.2 Å². The van der Waals surface area contributed by atoms with Crippen molar-refractivity contribution >= 4 is 0 Å². The summed E-state index contributed by atoms with van der Waals surface area (Å²) in [7, 11) is 0. The van der Waals surface area contributed by atoms with Crippen molar-refractivity contribution in [2.45, 2.75) is 52.2 Å². The van der Waals surface area contributed by atoms with Gasteiger partial charge in [0, 0.05) is 0 Å². The molecule has 1 aliphatic heterocycles. The molecular formula is C11H23NO. The first-order valence-corrected chi connectivity index (χ1v) is 5.54. The van der Waals surface area contributed by atoms with Crippen LogP contribution in [0.2, 0.25) is 0 Å². The summed E-state index contributed by atoms with van der Waals surface area (Å²) in [6, 6.07) is 0. The first-order valence-electron chi connectivity index (χ1n) is 5.54. The Balaban J connectivity index is 1.94. The minimum atomic E-state index is 0.495. The van der Waals surface area contributed by atoms with E-state index in [9.17, 15) is 0 Å². The van der Waals surface area contributed by atoms with Crippen LogP contribution >= 0.6 is 0 Å². The molecule has 0 spiro atoms. The molecule has 0 radical (unpaired) electrons. The van der Waals surface area contributed by atoms with Crippen LogP contribution in [0, 0.1) is 5.92 Å². The third-order valence-corrected chi connectivity index (χ3v) is 2.52. The molecule has 0 amide bonds. The van der Waals surface area contributed by atoms with Crippen LogP contribution in [-0.4, -0.2) is 25.3 Å². The molecule has 13 heavy (non-hydrogen) atoms. The zero-order valence-electron chi connectivity index (χ0n) is 9.18. The van der Waals surface area contributed by atoms with Gasteiger partial charge in [0.2, 0.25) is 0 Å². The average Bonchev–Trinajstić information content (AvgIpc) is 2.45. The largest absolute Gasteiger partial charge is 0.375 e. The van der Waals surface area contributed by atoms with Crippen LogP contribution in [0.1, 0.15) is 40.0 Å². The van der Waals surface area contributed by atoms with E-state index in [4.69, 9.17) is 4.74 Å². The zero-order valence-corrected chi connectivity index (χ0v) is 9.18. The molecule has 1 saturated heterocycles. The van der Waals surface area contributed by atoms with Crippen molar-refractivity contribution in [1.29, 1.82) is 0 Å². The van der Waals surface area contributed by atoms with E-state index in [0.29, 0.717) is 12.2 Å². The minimum absolute atomic E-state index is 0.495. The van der Waals surface area contributed by atoms with E-state index in [2.05, 4.69) is 26.1 Å². The van der Waals surface area contributed by atoms with Gasteiger partial charge >= 0.3 is 0 Å². The quantitative estimate of drug-likeness (QED) is 0.663. The first-order chi connectivity index (χ1) is 6.18. The highest BCUT2D eigenvalue weighted by Crippen LogP contribution is 2.20. The predicted octanol–water partition coefficient (Wildman–Crippen LogP) is 2.19. The number of hydrogen-bond acceptors (Lipinski definition) is 2. The SMILES string of the molecule is CC(C)CNCCC1CCC(C)O1. The van der Waals surface area contributed by atoms with E-state index >= 15 is 0 Å². The Morgan fingerprint density at radius 1 is 1.38 bits per heavy atom. The summed E-state index contributed by atoms with van der Waals surface area (Å²) in [4.78, 5) is 0. The summed E-state index contributed by atoms with van der Waals surface area (Å²) in [5.74, 6) is 0.753. The van der Waals surface area contributed by atoms with Gasteiger partial charge in [-0.3, -0.25) is 0 Å². The van der Waals surface area contributed by atoms with Crippen molar-refractivity contribution in [1.82, 2.24) is 5.32 Å². The van der Waals surface area contributed by atoms with E-state index in [1.165, 1.54) is 19.3 Å². The molecule has 2 nitrogen and oxygen atoms in total. The van der Waals surface area contributed by atoms with Crippen molar-refractivity contribution in [3.63, 3.8) is 0 Å². The van der Waals surface area contributed by atoms with E-state index in [1.54, 1.807) is 0 Å². The fraction of sp³-hybridized carbons (Fsp3) is 1.00. The Bertz CT molecular complexity index is 136. The maximum absolute atomic E-state index is 5.73. The van der Waals surface area contributed by atoms with E-state index in [0.717, 1.165) is 19.0 Å². The summed E-state index contributed by atoms with van der Waals surface area (Å²) in [6.45, 7) is 8.88. The highest BCUT2D eigenvalue weighted by molar-refractivity contribution is 4.71. The van der Waals surface area contributed by atoms with Gasteiger partial charge in [-0.25, -0.2) is 0 Å². The van der Waals surface area contributed by atoms with Crippen LogP contribution in [0.4, 0.5) is 0 Å². The summed E-state index contributed by atoms with van der Waals surface area (Å²) in [5.41, 5.74) is 0. The molecular weight excluding hydrogens is 162 g/mol. The standard InChI is InChI=1S/C11H23NO/c1-9(2)8-12-7-6-11-5-4-10(3)13-11/h9-12H,4-8H2,1-3H3. The van der Waals surface area contributed by atoms with Crippen LogP contribution in [-0.2, 0) is 4.74 Å². The second-order valence-corrected chi connectivity index (χ2v) is 4.53. The lowest BCUT2D eigenvalue weighted by molar-refractivity contribution is 0.0511. The lowest BCUT2D eigenvalue weighted by Crippen LogP contribution is -2.24. The molecule has 78 valence electrons. The van der Waals surface area contributed by atoms with Gasteiger partial charge in [-0.1, -0.05) is 13.8 Å².